The first-order chi connectivity index (χ1) is 17.0. The average Bonchev–Trinajstić information content (AvgIpc) is 3.48. The number of aromatic nitrogens is 3. The van der Waals surface area contributed by atoms with Gasteiger partial charge in [-0.25, -0.2) is 9.78 Å². The number of carbonyl (C=O) groups is 1. The number of benzene rings is 3. The number of hydrogen-bond acceptors (Lipinski definition) is 7. The maximum absolute atomic E-state index is 13.4. The monoisotopic (exact) mass is 483 g/mol. The summed E-state index contributed by atoms with van der Waals surface area (Å²) in [4.78, 5) is 29.1. The number of phenols is 1. The Labute approximate surface area is 202 Å². The van der Waals surface area contributed by atoms with Gasteiger partial charge in [0.15, 0.2) is 5.69 Å². The zero-order valence-electron chi connectivity index (χ0n) is 18.0. The van der Waals surface area contributed by atoms with Crippen LogP contribution in [0.2, 0.25) is 0 Å². The van der Waals surface area contributed by atoms with Crippen LogP contribution in [-0.2, 0) is 0 Å². The first kappa shape index (κ1) is 22.0. The van der Waals surface area contributed by atoms with E-state index in [-0.39, 0.29) is 16.9 Å². The Kier molecular flexibility index (Phi) is 5.78. The summed E-state index contributed by atoms with van der Waals surface area (Å²) in [7, 11) is 0. The molecule has 0 atom stereocenters. The molecule has 5 rings (SSSR count). The van der Waals surface area contributed by atoms with Crippen molar-refractivity contribution in [2.75, 3.05) is 0 Å². The van der Waals surface area contributed by atoms with E-state index in [9.17, 15) is 14.7 Å². The maximum Gasteiger partial charge on any atom is 0.339 e. The molecule has 172 valence electrons. The summed E-state index contributed by atoms with van der Waals surface area (Å²) >= 11 is 1.31. The molecule has 0 aliphatic rings. The summed E-state index contributed by atoms with van der Waals surface area (Å²) in [6.45, 7) is 0. The van der Waals surface area contributed by atoms with E-state index in [4.69, 9.17) is 5.11 Å². The average molecular weight is 484 g/mol. The molecule has 2 aromatic heterocycles. The Bertz CT molecular complexity index is 1600. The number of thiazole rings is 1. The van der Waals surface area contributed by atoms with Crippen LogP contribution in [0, 0.1) is 0 Å². The van der Waals surface area contributed by atoms with Crippen molar-refractivity contribution in [1.29, 1.82) is 0 Å². The Balaban J connectivity index is 1.58. The number of rotatable bonds is 6. The second-order valence-corrected chi connectivity index (χ2v) is 8.27. The van der Waals surface area contributed by atoms with E-state index in [1.165, 1.54) is 34.2 Å². The van der Waals surface area contributed by atoms with E-state index in [2.05, 4.69) is 20.3 Å². The molecule has 5 aromatic rings. The molecule has 2 heterocycles. The van der Waals surface area contributed by atoms with Gasteiger partial charge in [0.2, 0.25) is 5.13 Å². The number of aromatic carboxylic acids is 1. The van der Waals surface area contributed by atoms with Gasteiger partial charge in [-0.2, -0.15) is 9.80 Å². The fourth-order valence-electron chi connectivity index (χ4n) is 3.44. The Morgan fingerprint density at radius 1 is 0.943 bits per heavy atom. The topological polar surface area (TPSA) is 133 Å². The first-order valence-electron chi connectivity index (χ1n) is 10.4. The van der Waals surface area contributed by atoms with Crippen LogP contribution < -0.4 is 5.56 Å². The van der Waals surface area contributed by atoms with Crippen molar-refractivity contribution in [2.45, 2.75) is 0 Å². The molecule has 0 aliphatic carbocycles. The summed E-state index contributed by atoms with van der Waals surface area (Å²) in [5, 5.41) is 32.6. The molecule has 0 saturated carbocycles. The molecule has 0 bridgehead atoms. The van der Waals surface area contributed by atoms with Gasteiger partial charge in [0, 0.05) is 22.6 Å². The number of hydrogen-bond donors (Lipinski definition) is 3. The third-order valence-electron chi connectivity index (χ3n) is 5.16. The first-order valence-corrected chi connectivity index (χ1v) is 11.3. The van der Waals surface area contributed by atoms with Crippen molar-refractivity contribution in [3.05, 3.63) is 100 Å². The lowest BCUT2D eigenvalue weighted by molar-refractivity contribution is 0.0694. The van der Waals surface area contributed by atoms with Gasteiger partial charge < -0.3 is 10.2 Å². The molecular formula is C25H17N5O4S. The summed E-state index contributed by atoms with van der Waals surface area (Å²) < 4.78 is 1.32. The lowest BCUT2D eigenvalue weighted by atomic mass is 10.1. The normalized spacial score (nSPS) is 11.2. The molecule has 3 N–H and O–H groups in total. The third kappa shape index (κ3) is 4.37. The Hall–Kier alpha value is -4.83. The van der Waals surface area contributed by atoms with Crippen LogP contribution in [0.25, 0.3) is 27.6 Å². The van der Waals surface area contributed by atoms with Crippen LogP contribution in [0.5, 0.6) is 5.75 Å². The number of carboxylic acids is 1. The van der Waals surface area contributed by atoms with Gasteiger partial charge >= 0.3 is 11.5 Å². The zero-order valence-corrected chi connectivity index (χ0v) is 18.8. The maximum atomic E-state index is 13.4. The number of H-pyrrole nitrogens is 1. The minimum atomic E-state index is -1.26. The summed E-state index contributed by atoms with van der Waals surface area (Å²) in [5.41, 5.74) is 2.38. The van der Waals surface area contributed by atoms with Gasteiger partial charge in [-0.05, 0) is 12.1 Å². The highest BCUT2D eigenvalue weighted by Gasteiger charge is 2.19. The van der Waals surface area contributed by atoms with Gasteiger partial charge in [-0.1, -0.05) is 60.7 Å². The molecular weight excluding hydrogens is 466 g/mol. The van der Waals surface area contributed by atoms with Crippen molar-refractivity contribution in [1.82, 2.24) is 14.8 Å². The SMILES string of the molecule is O=C(O)c1ccc(N=Nc2c(-c3ccccc3)[nH]n(-c3nc(-c4ccccc4)cs3)c2=O)cc1O. The molecule has 0 radical (unpaired) electrons. The van der Waals surface area contributed by atoms with Crippen molar-refractivity contribution in [3.8, 4) is 33.4 Å². The highest BCUT2D eigenvalue weighted by Crippen LogP contribution is 2.31. The lowest BCUT2D eigenvalue weighted by Crippen LogP contribution is -2.13. The number of nitrogens with one attached hydrogen (secondary N) is 1. The summed E-state index contributed by atoms with van der Waals surface area (Å²) in [6, 6.07) is 22.6. The molecule has 0 aliphatic heterocycles. The van der Waals surface area contributed by atoms with E-state index in [0.29, 0.717) is 10.8 Å². The standard InChI is InChI=1S/C25H17N5O4S/c31-20-13-17(11-12-18(20)24(33)34)27-28-22-21(16-9-5-2-6-10-16)29-30(23(22)32)25-26-19(14-35-25)15-7-3-1-4-8-15/h1-14,29,31H,(H,33,34). The summed E-state index contributed by atoms with van der Waals surface area (Å²) in [5.74, 6) is -1.70. The third-order valence-corrected chi connectivity index (χ3v) is 5.98. The highest BCUT2D eigenvalue weighted by molar-refractivity contribution is 7.12. The number of carboxylic acid groups (broad SMARTS) is 1. The molecule has 0 spiro atoms. The van der Waals surface area contributed by atoms with Crippen LogP contribution in [0.1, 0.15) is 10.4 Å². The van der Waals surface area contributed by atoms with Crippen LogP contribution in [-0.4, -0.2) is 30.9 Å². The van der Waals surface area contributed by atoms with Crippen molar-refractivity contribution < 1.29 is 15.0 Å². The Morgan fingerprint density at radius 2 is 1.63 bits per heavy atom. The quantitative estimate of drug-likeness (QED) is 0.264. The molecule has 0 unspecified atom stereocenters. The molecule has 3 aromatic carbocycles. The van der Waals surface area contributed by atoms with Crippen molar-refractivity contribution >= 4 is 28.7 Å². The molecule has 9 nitrogen and oxygen atoms in total. The smallest absolute Gasteiger partial charge is 0.339 e. The van der Waals surface area contributed by atoms with Crippen LogP contribution >= 0.6 is 11.3 Å². The van der Waals surface area contributed by atoms with E-state index in [0.717, 1.165) is 16.8 Å². The minimum Gasteiger partial charge on any atom is -0.507 e. The van der Waals surface area contributed by atoms with Crippen LogP contribution in [0.3, 0.4) is 0 Å². The zero-order chi connectivity index (χ0) is 24.4. The predicted molar refractivity (Wildman–Crippen MR) is 132 cm³/mol. The van der Waals surface area contributed by atoms with E-state index < -0.39 is 17.3 Å². The Morgan fingerprint density at radius 3 is 2.29 bits per heavy atom. The summed E-state index contributed by atoms with van der Waals surface area (Å²) in [6.07, 6.45) is 0. The van der Waals surface area contributed by atoms with Gasteiger partial charge in [0.25, 0.3) is 0 Å². The van der Waals surface area contributed by atoms with Crippen LogP contribution in [0.15, 0.2) is 99.3 Å². The van der Waals surface area contributed by atoms with Gasteiger partial charge in [0.1, 0.15) is 11.3 Å². The minimum absolute atomic E-state index is 0.0504. The molecule has 0 fully saturated rings. The fraction of sp³-hybridized carbons (Fsp3) is 0. The molecule has 0 saturated heterocycles. The second kappa shape index (κ2) is 9.20. The molecule has 0 amide bonds. The van der Waals surface area contributed by atoms with Crippen LogP contribution in [0.4, 0.5) is 11.4 Å². The number of aromatic amines is 1. The molecule has 10 heteroatoms. The second-order valence-electron chi connectivity index (χ2n) is 7.43. The fourth-order valence-corrected chi connectivity index (χ4v) is 4.23. The number of azo groups is 1. The van der Waals surface area contributed by atoms with E-state index in [1.807, 2.05) is 66.0 Å². The van der Waals surface area contributed by atoms with Crippen molar-refractivity contribution in [2.24, 2.45) is 10.2 Å². The largest absolute Gasteiger partial charge is 0.507 e. The van der Waals surface area contributed by atoms with Gasteiger partial charge in [-0.3, -0.25) is 9.89 Å². The van der Waals surface area contributed by atoms with Gasteiger partial charge in [0.05, 0.1) is 17.1 Å². The highest BCUT2D eigenvalue weighted by atomic mass is 32.1. The van der Waals surface area contributed by atoms with E-state index in [1.54, 1.807) is 0 Å². The number of nitrogens with zero attached hydrogens (tertiary/aromatic N) is 4. The number of aromatic hydroxyl groups is 1. The van der Waals surface area contributed by atoms with Gasteiger partial charge in [-0.15, -0.1) is 16.5 Å². The van der Waals surface area contributed by atoms with E-state index >= 15 is 0 Å². The predicted octanol–water partition coefficient (Wildman–Crippen LogP) is 5.78. The lowest BCUT2D eigenvalue weighted by Gasteiger charge is -2.00. The van der Waals surface area contributed by atoms with Crippen molar-refractivity contribution in [3.63, 3.8) is 0 Å². The molecule has 35 heavy (non-hydrogen) atoms.